The van der Waals surface area contributed by atoms with Crippen LogP contribution in [0.15, 0.2) is 18.2 Å². The van der Waals surface area contributed by atoms with Gasteiger partial charge in [0.2, 0.25) is 5.91 Å². The highest BCUT2D eigenvalue weighted by molar-refractivity contribution is 5.88. The molecule has 1 aromatic rings. The highest BCUT2D eigenvalue weighted by Gasteiger charge is 2.25. The number of carbonyl (C=O) groups is 2. The van der Waals surface area contributed by atoms with Crippen LogP contribution in [0.2, 0.25) is 0 Å². The normalized spacial score (nSPS) is 21.3. The zero-order chi connectivity index (χ0) is 15.5. The molecule has 3 rings (SSSR count). The van der Waals surface area contributed by atoms with Gasteiger partial charge in [-0.15, -0.1) is 0 Å². The second-order valence-corrected chi connectivity index (χ2v) is 6.05. The van der Waals surface area contributed by atoms with Crippen molar-refractivity contribution in [2.75, 3.05) is 13.2 Å². The molecule has 1 N–H and O–H groups in total. The Bertz CT molecular complexity index is 578. The fourth-order valence-corrected chi connectivity index (χ4v) is 3.20. The summed E-state index contributed by atoms with van der Waals surface area (Å²) in [4.78, 5) is 25.3. The van der Waals surface area contributed by atoms with Crippen LogP contribution >= 0.6 is 0 Å². The largest absolute Gasteiger partial charge is 0.478 e. The van der Waals surface area contributed by atoms with Crippen LogP contribution in [-0.2, 0) is 22.5 Å². The van der Waals surface area contributed by atoms with Gasteiger partial charge in [0.1, 0.15) is 0 Å². The fraction of sp³-hybridized carbons (Fsp3) is 0.529. The molecular weight excluding hydrogens is 282 g/mol. The summed E-state index contributed by atoms with van der Waals surface area (Å²) in [7, 11) is 0. The Morgan fingerprint density at radius 2 is 2.14 bits per heavy atom. The molecule has 5 heteroatoms. The number of fused-ring (bicyclic) bond motifs is 1. The number of carboxylic acid groups (broad SMARTS) is 1. The molecule has 0 aromatic heterocycles. The quantitative estimate of drug-likeness (QED) is 0.930. The molecule has 2 heterocycles. The lowest BCUT2D eigenvalue weighted by Gasteiger charge is -2.31. The van der Waals surface area contributed by atoms with Gasteiger partial charge in [0.05, 0.1) is 18.1 Å². The van der Waals surface area contributed by atoms with E-state index in [1.807, 2.05) is 11.0 Å². The molecule has 1 atom stereocenters. The average Bonchev–Trinajstić information content (AvgIpc) is 2.54. The summed E-state index contributed by atoms with van der Waals surface area (Å²) in [5.41, 5.74) is 2.37. The van der Waals surface area contributed by atoms with Crippen molar-refractivity contribution in [2.24, 2.45) is 0 Å². The summed E-state index contributed by atoms with van der Waals surface area (Å²) in [5.74, 6) is -0.819. The standard InChI is InChI=1S/C17H21NO4/c19-16(10-15-3-1-2-8-22-15)18-7-6-12-4-5-13(17(20)21)9-14(12)11-18/h4-5,9,15H,1-3,6-8,10-11H2,(H,20,21). The van der Waals surface area contributed by atoms with Crippen molar-refractivity contribution in [3.8, 4) is 0 Å². The molecule has 1 unspecified atom stereocenters. The molecule has 0 spiro atoms. The van der Waals surface area contributed by atoms with E-state index in [9.17, 15) is 9.59 Å². The third-order valence-electron chi connectivity index (χ3n) is 4.49. The van der Waals surface area contributed by atoms with E-state index in [1.54, 1.807) is 12.1 Å². The molecule has 1 amide bonds. The van der Waals surface area contributed by atoms with Crippen LogP contribution in [-0.4, -0.2) is 41.1 Å². The molecule has 0 aliphatic carbocycles. The fourth-order valence-electron chi connectivity index (χ4n) is 3.20. The molecule has 2 aliphatic heterocycles. The predicted molar refractivity (Wildman–Crippen MR) is 80.7 cm³/mol. The Morgan fingerprint density at radius 3 is 2.86 bits per heavy atom. The summed E-state index contributed by atoms with van der Waals surface area (Å²) in [6.45, 7) is 1.95. The van der Waals surface area contributed by atoms with Gasteiger partial charge in [-0.25, -0.2) is 4.79 Å². The maximum atomic E-state index is 12.4. The van der Waals surface area contributed by atoms with Crippen LogP contribution in [0.5, 0.6) is 0 Å². The Kier molecular flexibility index (Phi) is 4.43. The first kappa shape index (κ1) is 15.0. The molecule has 118 valence electrons. The van der Waals surface area contributed by atoms with Gasteiger partial charge in [-0.2, -0.15) is 0 Å². The first-order chi connectivity index (χ1) is 10.6. The molecule has 2 aliphatic rings. The van der Waals surface area contributed by atoms with Gasteiger partial charge in [0, 0.05) is 19.7 Å². The Balaban J connectivity index is 1.66. The van der Waals surface area contributed by atoms with E-state index in [4.69, 9.17) is 9.84 Å². The minimum atomic E-state index is -0.929. The van der Waals surface area contributed by atoms with Crippen molar-refractivity contribution in [3.05, 3.63) is 34.9 Å². The Morgan fingerprint density at radius 1 is 1.27 bits per heavy atom. The van der Waals surface area contributed by atoms with Crippen LogP contribution in [0.25, 0.3) is 0 Å². The maximum Gasteiger partial charge on any atom is 0.335 e. The zero-order valence-corrected chi connectivity index (χ0v) is 12.6. The Hall–Kier alpha value is -1.88. The zero-order valence-electron chi connectivity index (χ0n) is 12.6. The number of hydrogen-bond acceptors (Lipinski definition) is 3. The van der Waals surface area contributed by atoms with Crippen molar-refractivity contribution < 1.29 is 19.4 Å². The number of amides is 1. The molecule has 0 radical (unpaired) electrons. The topological polar surface area (TPSA) is 66.8 Å². The average molecular weight is 303 g/mol. The van der Waals surface area contributed by atoms with Gasteiger partial charge in [0.25, 0.3) is 0 Å². The maximum absolute atomic E-state index is 12.4. The van der Waals surface area contributed by atoms with Crippen molar-refractivity contribution in [1.29, 1.82) is 0 Å². The number of benzene rings is 1. The van der Waals surface area contributed by atoms with Gasteiger partial charge in [-0.3, -0.25) is 4.79 Å². The van der Waals surface area contributed by atoms with Crippen LogP contribution in [0.4, 0.5) is 0 Å². The first-order valence-electron chi connectivity index (χ1n) is 7.88. The minimum absolute atomic E-state index is 0.0491. The number of rotatable bonds is 3. The number of nitrogens with zero attached hydrogens (tertiary/aromatic N) is 1. The van der Waals surface area contributed by atoms with Crippen LogP contribution in [0.3, 0.4) is 0 Å². The van der Waals surface area contributed by atoms with E-state index in [0.29, 0.717) is 19.5 Å². The summed E-state index contributed by atoms with van der Waals surface area (Å²) in [6, 6.07) is 5.19. The van der Waals surface area contributed by atoms with E-state index < -0.39 is 5.97 Å². The molecule has 1 aromatic carbocycles. The lowest BCUT2D eigenvalue weighted by molar-refractivity contribution is -0.136. The number of aromatic carboxylic acids is 1. The molecule has 1 saturated heterocycles. The molecule has 1 fully saturated rings. The van der Waals surface area contributed by atoms with Crippen molar-refractivity contribution in [1.82, 2.24) is 4.90 Å². The van der Waals surface area contributed by atoms with Gasteiger partial charge in [-0.1, -0.05) is 6.07 Å². The van der Waals surface area contributed by atoms with Crippen LogP contribution < -0.4 is 0 Å². The molecule has 5 nitrogen and oxygen atoms in total. The number of ether oxygens (including phenoxy) is 1. The van der Waals surface area contributed by atoms with E-state index in [0.717, 1.165) is 43.4 Å². The lowest BCUT2D eigenvalue weighted by atomic mass is 9.96. The molecule has 0 saturated carbocycles. The van der Waals surface area contributed by atoms with E-state index in [-0.39, 0.29) is 17.6 Å². The van der Waals surface area contributed by atoms with Gasteiger partial charge in [-0.05, 0) is 48.9 Å². The highest BCUT2D eigenvalue weighted by Crippen LogP contribution is 2.23. The SMILES string of the molecule is O=C(O)c1ccc2c(c1)CN(C(=O)CC1CCCCO1)CC2. The van der Waals surface area contributed by atoms with Crippen molar-refractivity contribution >= 4 is 11.9 Å². The summed E-state index contributed by atoms with van der Waals surface area (Å²) < 4.78 is 5.63. The number of carboxylic acids is 1. The number of hydrogen-bond donors (Lipinski definition) is 1. The third-order valence-corrected chi connectivity index (χ3v) is 4.49. The lowest BCUT2D eigenvalue weighted by Crippen LogP contribution is -2.38. The summed E-state index contributed by atoms with van der Waals surface area (Å²) in [6.07, 6.45) is 4.44. The van der Waals surface area contributed by atoms with Gasteiger partial charge >= 0.3 is 5.97 Å². The van der Waals surface area contributed by atoms with Gasteiger partial charge < -0.3 is 14.7 Å². The smallest absolute Gasteiger partial charge is 0.335 e. The summed E-state index contributed by atoms with van der Waals surface area (Å²) >= 11 is 0. The minimum Gasteiger partial charge on any atom is -0.478 e. The molecule has 22 heavy (non-hydrogen) atoms. The predicted octanol–water partition coefficient (Wildman–Crippen LogP) is 2.23. The van der Waals surface area contributed by atoms with Crippen molar-refractivity contribution in [3.63, 3.8) is 0 Å². The summed E-state index contributed by atoms with van der Waals surface area (Å²) in [5, 5.41) is 9.08. The second kappa shape index (κ2) is 6.48. The Labute approximate surface area is 129 Å². The monoisotopic (exact) mass is 303 g/mol. The highest BCUT2D eigenvalue weighted by atomic mass is 16.5. The molecular formula is C17H21NO4. The van der Waals surface area contributed by atoms with Crippen molar-refractivity contribution in [2.45, 2.75) is 44.8 Å². The second-order valence-electron chi connectivity index (χ2n) is 6.05. The van der Waals surface area contributed by atoms with Gasteiger partial charge in [0.15, 0.2) is 0 Å². The van der Waals surface area contributed by atoms with Crippen LogP contribution in [0.1, 0.15) is 47.2 Å². The van der Waals surface area contributed by atoms with E-state index >= 15 is 0 Å². The first-order valence-corrected chi connectivity index (χ1v) is 7.88. The third kappa shape index (κ3) is 3.30. The number of carbonyl (C=O) groups excluding carboxylic acids is 1. The van der Waals surface area contributed by atoms with Crippen LogP contribution in [0, 0.1) is 0 Å². The van der Waals surface area contributed by atoms with E-state index in [1.165, 1.54) is 0 Å². The van der Waals surface area contributed by atoms with E-state index in [2.05, 4.69) is 0 Å². The molecule has 0 bridgehead atoms.